The molecule has 1 aromatic heterocycles. The second-order valence-corrected chi connectivity index (χ2v) is 9.64. The van der Waals surface area contributed by atoms with Gasteiger partial charge in [0.05, 0.1) is 22.5 Å². The van der Waals surface area contributed by atoms with Crippen LogP contribution in [0.3, 0.4) is 0 Å². The number of hydrogen-bond acceptors (Lipinski definition) is 4. The van der Waals surface area contributed by atoms with Crippen LogP contribution in [0.2, 0.25) is 5.02 Å². The van der Waals surface area contributed by atoms with E-state index in [1.54, 1.807) is 6.07 Å². The third-order valence-corrected chi connectivity index (χ3v) is 6.26. The number of aromatic nitrogens is 1. The lowest BCUT2D eigenvalue weighted by molar-refractivity contribution is 0.306. The number of nitrogens with one attached hydrogen (secondary N) is 1. The molecule has 0 aliphatic heterocycles. The van der Waals surface area contributed by atoms with Crippen molar-refractivity contribution in [2.75, 3.05) is 14.1 Å². The van der Waals surface area contributed by atoms with Crippen LogP contribution >= 0.6 is 11.6 Å². The van der Waals surface area contributed by atoms with E-state index in [1.807, 2.05) is 93.0 Å². The molecule has 0 fully saturated rings. The van der Waals surface area contributed by atoms with Gasteiger partial charge < -0.3 is 19.7 Å². The molecule has 5 aromatic rings. The summed E-state index contributed by atoms with van der Waals surface area (Å²) in [6, 6.07) is 31.5. The highest BCUT2D eigenvalue weighted by atomic mass is 35.5. The van der Waals surface area contributed by atoms with Gasteiger partial charge in [-0.2, -0.15) is 0 Å². The summed E-state index contributed by atoms with van der Waals surface area (Å²) in [5, 5.41) is 12.4. The molecular weight excluding hydrogens is 482 g/mol. The molecule has 6 heteroatoms. The van der Waals surface area contributed by atoms with E-state index in [0.717, 1.165) is 40.0 Å². The van der Waals surface area contributed by atoms with Gasteiger partial charge in [-0.1, -0.05) is 60.1 Å². The van der Waals surface area contributed by atoms with Crippen molar-refractivity contribution in [3.8, 4) is 11.6 Å². The monoisotopic (exact) mass is 509 g/mol. The van der Waals surface area contributed by atoms with E-state index in [9.17, 15) is 5.11 Å². The Morgan fingerprint density at radius 2 is 1.62 bits per heavy atom. The minimum atomic E-state index is 0.0460. The number of rotatable bonds is 8. The molecule has 5 nitrogen and oxygen atoms in total. The predicted octanol–water partition coefficient (Wildman–Crippen LogP) is 7.34. The Kier molecular flexibility index (Phi) is 7.26. The molecule has 0 saturated heterocycles. The van der Waals surface area contributed by atoms with Crippen LogP contribution in [-0.4, -0.2) is 34.8 Å². The molecule has 37 heavy (non-hydrogen) atoms. The Labute approximate surface area is 221 Å². The number of aromatic amines is 1. The SMILES string of the molecule is CN(C)Cc1ccc(N=C(c2ccc(OCc3ccccc3)cc2)c2c(O)[nH]c3cc(Cl)ccc23)cc1. The number of aromatic hydroxyl groups is 1. The van der Waals surface area contributed by atoms with Crippen molar-refractivity contribution in [3.05, 3.63) is 124 Å². The Hall–Kier alpha value is -4.06. The summed E-state index contributed by atoms with van der Waals surface area (Å²) in [6.07, 6.45) is 0. The maximum absolute atomic E-state index is 10.9. The van der Waals surface area contributed by atoms with Crippen LogP contribution in [0.4, 0.5) is 5.69 Å². The lowest BCUT2D eigenvalue weighted by Crippen LogP contribution is -2.10. The van der Waals surface area contributed by atoms with E-state index in [4.69, 9.17) is 21.3 Å². The van der Waals surface area contributed by atoms with Gasteiger partial charge in [0.25, 0.3) is 0 Å². The molecule has 0 bridgehead atoms. The zero-order valence-corrected chi connectivity index (χ0v) is 21.5. The van der Waals surface area contributed by atoms with E-state index in [2.05, 4.69) is 22.0 Å². The van der Waals surface area contributed by atoms with Crippen molar-refractivity contribution in [2.45, 2.75) is 13.2 Å². The molecule has 0 radical (unpaired) electrons. The summed E-state index contributed by atoms with van der Waals surface area (Å²) >= 11 is 6.20. The quantitative estimate of drug-likeness (QED) is 0.215. The second-order valence-electron chi connectivity index (χ2n) is 9.20. The van der Waals surface area contributed by atoms with Gasteiger partial charge in [0.2, 0.25) is 0 Å². The molecule has 0 unspecified atom stereocenters. The number of benzene rings is 4. The summed E-state index contributed by atoms with van der Waals surface area (Å²) in [5.41, 5.74) is 5.99. The van der Waals surface area contributed by atoms with Gasteiger partial charge in [-0.3, -0.25) is 0 Å². The van der Waals surface area contributed by atoms with Crippen LogP contribution in [0.25, 0.3) is 10.9 Å². The molecule has 0 aliphatic carbocycles. The minimum absolute atomic E-state index is 0.0460. The van der Waals surface area contributed by atoms with Crippen molar-refractivity contribution in [3.63, 3.8) is 0 Å². The first kappa shape index (κ1) is 24.6. The van der Waals surface area contributed by atoms with Gasteiger partial charge in [0, 0.05) is 22.5 Å². The summed E-state index contributed by atoms with van der Waals surface area (Å²) in [7, 11) is 4.09. The smallest absolute Gasteiger partial charge is 0.199 e. The number of fused-ring (bicyclic) bond motifs is 1. The Bertz CT molecular complexity index is 1520. The molecule has 1 heterocycles. The normalized spacial score (nSPS) is 11.8. The molecule has 0 atom stereocenters. The molecular formula is C31H28ClN3O2. The van der Waals surface area contributed by atoms with Crippen molar-refractivity contribution in [1.29, 1.82) is 0 Å². The summed E-state index contributed by atoms with van der Waals surface area (Å²) in [6.45, 7) is 1.34. The zero-order valence-electron chi connectivity index (χ0n) is 20.8. The third kappa shape index (κ3) is 5.85. The molecule has 0 saturated carbocycles. The van der Waals surface area contributed by atoms with Gasteiger partial charge in [0.1, 0.15) is 12.4 Å². The number of ether oxygens (including phenoxy) is 1. The predicted molar refractivity (Wildman–Crippen MR) is 151 cm³/mol. The van der Waals surface area contributed by atoms with E-state index < -0.39 is 0 Å². The molecule has 186 valence electrons. The molecule has 4 aromatic carbocycles. The minimum Gasteiger partial charge on any atom is -0.494 e. The van der Waals surface area contributed by atoms with E-state index in [0.29, 0.717) is 22.9 Å². The number of nitrogens with zero attached hydrogens (tertiary/aromatic N) is 2. The average Bonchev–Trinajstić information content (AvgIpc) is 3.22. The van der Waals surface area contributed by atoms with Crippen LogP contribution in [0.15, 0.2) is 102 Å². The van der Waals surface area contributed by atoms with E-state index in [1.165, 1.54) is 5.56 Å². The first-order valence-corrected chi connectivity index (χ1v) is 12.4. The zero-order chi connectivity index (χ0) is 25.8. The molecule has 5 rings (SSSR count). The Morgan fingerprint density at radius 3 is 2.32 bits per heavy atom. The lowest BCUT2D eigenvalue weighted by Gasteiger charge is -2.11. The summed E-state index contributed by atoms with van der Waals surface area (Å²) in [4.78, 5) is 10.2. The highest BCUT2D eigenvalue weighted by Gasteiger charge is 2.19. The fraction of sp³-hybridized carbons (Fsp3) is 0.129. The van der Waals surface area contributed by atoms with Gasteiger partial charge >= 0.3 is 0 Å². The van der Waals surface area contributed by atoms with Crippen molar-refractivity contribution in [2.24, 2.45) is 4.99 Å². The van der Waals surface area contributed by atoms with Crippen molar-refractivity contribution < 1.29 is 9.84 Å². The van der Waals surface area contributed by atoms with Crippen molar-refractivity contribution >= 4 is 33.9 Å². The summed E-state index contributed by atoms with van der Waals surface area (Å²) in [5.74, 6) is 0.805. The third-order valence-electron chi connectivity index (χ3n) is 6.03. The Morgan fingerprint density at radius 1 is 0.892 bits per heavy atom. The van der Waals surface area contributed by atoms with Crippen LogP contribution < -0.4 is 4.74 Å². The van der Waals surface area contributed by atoms with Gasteiger partial charge in [0.15, 0.2) is 5.88 Å². The standard InChI is InChI=1S/C31H28ClN3O2/c1-35(2)19-21-8-13-25(14-9-21)33-30(29-27-17-12-24(32)18-28(27)34-31(29)36)23-10-15-26(16-11-23)37-20-22-6-4-3-5-7-22/h3-18,34,36H,19-20H2,1-2H3. The first-order valence-electron chi connectivity index (χ1n) is 12.1. The van der Waals surface area contributed by atoms with Crippen LogP contribution in [0.5, 0.6) is 11.6 Å². The number of halogens is 1. The molecule has 2 N–H and O–H groups in total. The van der Waals surface area contributed by atoms with Crippen molar-refractivity contribution in [1.82, 2.24) is 9.88 Å². The van der Waals surface area contributed by atoms with Crippen LogP contribution in [-0.2, 0) is 13.2 Å². The average molecular weight is 510 g/mol. The molecule has 0 spiro atoms. The largest absolute Gasteiger partial charge is 0.494 e. The number of hydrogen-bond donors (Lipinski definition) is 2. The maximum atomic E-state index is 10.9. The maximum Gasteiger partial charge on any atom is 0.199 e. The van der Waals surface area contributed by atoms with Gasteiger partial charge in [-0.15, -0.1) is 0 Å². The van der Waals surface area contributed by atoms with Crippen LogP contribution in [0, 0.1) is 0 Å². The van der Waals surface area contributed by atoms with Crippen LogP contribution in [0.1, 0.15) is 22.3 Å². The number of aliphatic imine (C=N–C) groups is 1. The fourth-order valence-corrected chi connectivity index (χ4v) is 4.45. The summed E-state index contributed by atoms with van der Waals surface area (Å²) < 4.78 is 5.97. The fourth-order valence-electron chi connectivity index (χ4n) is 4.28. The topological polar surface area (TPSA) is 60.9 Å². The highest BCUT2D eigenvalue weighted by molar-refractivity contribution is 6.31. The number of H-pyrrole nitrogens is 1. The van der Waals surface area contributed by atoms with Gasteiger partial charge in [-0.05, 0) is 73.8 Å². The molecule has 0 amide bonds. The second kappa shape index (κ2) is 10.9. The molecule has 0 aliphatic rings. The van der Waals surface area contributed by atoms with E-state index >= 15 is 0 Å². The Balaban J connectivity index is 1.52. The lowest BCUT2D eigenvalue weighted by atomic mass is 10.0. The van der Waals surface area contributed by atoms with Gasteiger partial charge in [-0.25, -0.2) is 4.99 Å². The highest BCUT2D eigenvalue weighted by Crippen LogP contribution is 2.33. The first-order chi connectivity index (χ1) is 18.0. The van der Waals surface area contributed by atoms with E-state index in [-0.39, 0.29) is 5.88 Å².